The molecule has 1 unspecified atom stereocenters. The van der Waals surface area contributed by atoms with Crippen molar-refractivity contribution in [3.63, 3.8) is 0 Å². The average Bonchev–Trinajstić information content (AvgIpc) is 2.77. The molecule has 3 aromatic rings. The van der Waals surface area contributed by atoms with Crippen molar-refractivity contribution >= 4 is 37.1 Å². The first kappa shape index (κ1) is 26.6. The summed E-state index contributed by atoms with van der Waals surface area (Å²) in [5, 5.41) is 2.78. The molecule has 0 bridgehead atoms. The summed E-state index contributed by atoms with van der Waals surface area (Å²) in [6.07, 6.45) is -2.28. The van der Waals surface area contributed by atoms with Gasteiger partial charge in [-0.05, 0) is 64.1 Å². The monoisotopic (exact) mass is 526 g/mol. The maximum absolute atomic E-state index is 13.6. The minimum atomic E-state index is -4.65. The molecule has 0 aliphatic heterocycles. The van der Waals surface area contributed by atoms with Crippen LogP contribution in [-0.4, -0.2) is 53.1 Å². The van der Waals surface area contributed by atoms with Gasteiger partial charge >= 0.3 is 6.18 Å². The third-order valence-electron chi connectivity index (χ3n) is 5.09. The predicted octanol–water partition coefficient (Wildman–Crippen LogP) is 3.98. The SMILES string of the molecule is C=S(C)(=O)c1cccc(CCc2nc(Nc3cccc(S(=O)(=O)N(C)C)c3)ncc2C(F)(F)F)c1. The van der Waals surface area contributed by atoms with Crippen LogP contribution in [0.4, 0.5) is 24.8 Å². The first-order valence-corrected chi connectivity index (χ1v) is 13.9. The van der Waals surface area contributed by atoms with Crippen LogP contribution in [-0.2, 0) is 38.6 Å². The quantitative estimate of drug-likeness (QED) is 0.447. The highest BCUT2D eigenvalue weighted by Gasteiger charge is 2.34. The number of sulfonamides is 1. The summed E-state index contributed by atoms with van der Waals surface area (Å²) >= 11 is 0. The normalized spacial score (nSPS) is 14.0. The Bertz CT molecular complexity index is 1440. The molecule has 1 heterocycles. The standard InChI is InChI=1S/C23H25F3N4O3S2/c1-30(2)35(32,33)19-10-6-8-17(14-19)28-22-27-15-20(23(24,25)26)21(29-22)12-11-16-7-5-9-18(13-16)34(3,4)31/h5-10,13-15H,3,11-12H2,1-2,4H3,(H,27,28,29). The Hall–Kier alpha value is -2.96. The van der Waals surface area contributed by atoms with Crippen LogP contribution in [0.25, 0.3) is 0 Å². The summed E-state index contributed by atoms with van der Waals surface area (Å²) in [7, 11) is -3.37. The molecule has 7 nitrogen and oxygen atoms in total. The zero-order chi connectivity index (χ0) is 26.0. The summed E-state index contributed by atoms with van der Waals surface area (Å²) in [6, 6.07) is 12.6. The molecule has 0 spiro atoms. The van der Waals surface area contributed by atoms with Gasteiger partial charge in [0.25, 0.3) is 0 Å². The van der Waals surface area contributed by atoms with E-state index in [9.17, 15) is 25.8 Å². The minimum Gasteiger partial charge on any atom is -0.324 e. The number of hydrogen-bond donors (Lipinski definition) is 1. The van der Waals surface area contributed by atoms with E-state index in [1.807, 2.05) is 0 Å². The van der Waals surface area contributed by atoms with Crippen molar-refractivity contribution in [1.29, 1.82) is 0 Å². The second kappa shape index (κ2) is 9.96. The number of anilines is 2. The topological polar surface area (TPSA) is 92.3 Å². The van der Waals surface area contributed by atoms with E-state index in [0.29, 0.717) is 22.3 Å². The highest BCUT2D eigenvalue weighted by atomic mass is 32.2. The highest BCUT2D eigenvalue weighted by Crippen LogP contribution is 2.32. The Morgan fingerprint density at radius 2 is 1.66 bits per heavy atom. The molecule has 0 amide bonds. The molecule has 0 aliphatic carbocycles. The molecule has 188 valence electrons. The smallest absolute Gasteiger partial charge is 0.324 e. The molecular weight excluding hydrogens is 501 g/mol. The Morgan fingerprint density at radius 1 is 1.00 bits per heavy atom. The number of hydrogen-bond acceptors (Lipinski definition) is 6. The van der Waals surface area contributed by atoms with E-state index >= 15 is 0 Å². The summed E-state index contributed by atoms with van der Waals surface area (Å²) in [5.74, 6) is 3.54. The van der Waals surface area contributed by atoms with Crippen LogP contribution in [0.3, 0.4) is 0 Å². The van der Waals surface area contributed by atoms with Gasteiger partial charge < -0.3 is 5.32 Å². The summed E-state index contributed by atoms with van der Waals surface area (Å²) < 4.78 is 78.8. The molecule has 1 atom stereocenters. The molecule has 12 heteroatoms. The molecule has 3 rings (SSSR count). The van der Waals surface area contributed by atoms with Crippen molar-refractivity contribution in [2.75, 3.05) is 25.7 Å². The van der Waals surface area contributed by atoms with Gasteiger partial charge in [0.05, 0.1) is 16.2 Å². The molecule has 0 saturated carbocycles. The molecular formula is C23H25F3N4O3S2. The Labute approximate surface area is 203 Å². The number of nitrogens with zero attached hydrogens (tertiary/aromatic N) is 3. The van der Waals surface area contributed by atoms with Crippen molar-refractivity contribution in [3.8, 4) is 0 Å². The van der Waals surface area contributed by atoms with Crippen molar-refractivity contribution < 1.29 is 25.8 Å². The van der Waals surface area contributed by atoms with Gasteiger partial charge in [0.1, 0.15) is 0 Å². The fourth-order valence-electron chi connectivity index (χ4n) is 3.21. The molecule has 0 saturated heterocycles. The van der Waals surface area contributed by atoms with Crippen LogP contribution in [0.5, 0.6) is 0 Å². The first-order chi connectivity index (χ1) is 16.2. The zero-order valence-electron chi connectivity index (χ0n) is 19.3. The lowest BCUT2D eigenvalue weighted by Crippen LogP contribution is -2.22. The predicted molar refractivity (Wildman–Crippen MR) is 131 cm³/mol. The van der Waals surface area contributed by atoms with E-state index in [1.54, 1.807) is 30.3 Å². The Morgan fingerprint density at radius 3 is 2.29 bits per heavy atom. The Kier molecular flexibility index (Phi) is 7.58. The van der Waals surface area contributed by atoms with Crippen LogP contribution >= 0.6 is 0 Å². The van der Waals surface area contributed by atoms with E-state index < -0.39 is 31.3 Å². The van der Waals surface area contributed by atoms with E-state index in [0.717, 1.165) is 4.31 Å². The van der Waals surface area contributed by atoms with E-state index in [2.05, 4.69) is 21.2 Å². The molecule has 1 aromatic heterocycles. The van der Waals surface area contributed by atoms with Crippen LogP contribution in [0.2, 0.25) is 0 Å². The lowest BCUT2D eigenvalue weighted by atomic mass is 10.1. The van der Waals surface area contributed by atoms with Crippen molar-refractivity contribution in [3.05, 3.63) is 71.5 Å². The molecule has 2 aromatic carbocycles. The summed E-state index contributed by atoms with van der Waals surface area (Å²) in [4.78, 5) is 8.39. The number of halogens is 3. The summed E-state index contributed by atoms with van der Waals surface area (Å²) in [6.45, 7) is 0. The van der Waals surface area contributed by atoms with Gasteiger partial charge in [-0.15, -0.1) is 0 Å². The second-order valence-corrected chi connectivity index (χ2v) is 12.8. The largest absolute Gasteiger partial charge is 0.419 e. The van der Waals surface area contributed by atoms with Gasteiger partial charge in [-0.1, -0.05) is 18.2 Å². The molecule has 0 aliphatic rings. The maximum atomic E-state index is 13.6. The lowest BCUT2D eigenvalue weighted by molar-refractivity contribution is -0.138. The average molecular weight is 527 g/mol. The fourth-order valence-corrected chi connectivity index (χ4v) is 4.93. The molecule has 35 heavy (non-hydrogen) atoms. The molecule has 0 fully saturated rings. The Balaban J connectivity index is 1.90. The number of aryl methyl sites for hydroxylation is 2. The van der Waals surface area contributed by atoms with Gasteiger partial charge in [-0.3, -0.25) is 4.21 Å². The van der Waals surface area contributed by atoms with Crippen LogP contribution in [0.15, 0.2) is 64.5 Å². The second-order valence-electron chi connectivity index (χ2n) is 8.14. The van der Waals surface area contributed by atoms with E-state index in [-0.39, 0.29) is 29.4 Å². The number of rotatable bonds is 8. The van der Waals surface area contributed by atoms with Crippen LogP contribution in [0.1, 0.15) is 16.8 Å². The number of nitrogens with one attached hydrogen (secondary N) is 1. The van der Waals surface area contributed by atoms with Gasteiger partial charge in [0, 0.05) is 37.1 Å². The zero-order valence-corrected chi connectivity index (χ0v) is 21.0. The highest BCUT2D eigenvalue weighted by molar-refractivity contribution is 7.99. The van der Waals surface area contributed by atoms with Gasteiger partial charge in [0.15, 0.2) is 0 Å². The van der Waals surface area contributed by atoms with Gasteiger partial charge in [-0.2, -0.15) is 13.2 Å². The van der Waals surface area contributed by atoms with Crippen LogP contribution in [0, 0.1) is 0 Å². The van der Waals surface area contributed by atoms with Gasteiger partial charge in [0.2, 0.25) is 16.0 Å². The maximum Gasteiger partial charge on any atom is 0.419 e. The summed E-state index contributed by atoms with van der Waals surface area (Å²) in [5.41, 5.74) is -0.174. The first-order valence-electron chi connectivity index (χ1n) is 10.3. The molecule has 1 N–H and O–H groups in total. The fraction of sp³-hybridized carbons (Fsp3) is 0.261. The third-order valence-corrected chi connectivity index (χ3v) is 8.15. The number of benzene rings is 2. The van der Waals surface area contributed by atoms with Crippen LogP contribution < -0.4 is 5.32 Å². The third kappa shape index (κ3) is 6.59. The van der Waals surface area contributed by atoms with E-state index in [1.165, 1.54) is 38.6 Å². The lowest BCUT2D eigenvalue weighted by Gasteiger charge is -2.15. The van der Waals surface area contributed by atoms with Crippen molar-refractivity contribution in [2.24, 2.45) is 0 Å². The van der Waals surface area contributed by atoms with Crippen molar-refractivity contribution in [2.45, 2.75) is 28.8 Å². The van der Waals surface area contributed by atoms with Gasteiger partial charge in [-0.25, -0.2) is 22.7 Å². The van der Waals surface area contributed by atoms with Crippen molar-refractivity contribution in [1.82, 2.24) is 14.3 Å². The number of alkyl halides is 3. The number of aromatic nitrogens is 2. The minimum absolute atomic E-state index is 0.0115. The molecule has 0 radical (unpaired) electrons. The van der Waals surface area contributed by atoms with E-state index in [4.69, 9.17) is 0 Å².